The lowest BCUT2D eigenvalue weighted by Gasteiger charge is -2.14. The van der Waals surface area contributed by atoms with E-state index in [0.29, 0.717) is 0 Å². The lowest BCUT2D eigenvalue weighted by molar-refractivity contribution is -0.126. The first-order chi connectivity index (χ1) is 8.85. The number of para-hydroxylation sites is 1. The Kier molecular flexibility index (Phi) is 5.44. The van der Waals surface area contributed by atoms with Gasteiger partial charge in [-0.05, 0) is 6.07 Å². The molecule has 1 aromatic carbocycles. The van der Waals surface area contributed by atoms with Gasteiger partial charge in [-0.1, -0.05) is 18.2 Å². The number of nitrogens with one attached hydrogen (secondary N) is 1. The van der Waals surface area contributed by atoms with E-state index in [-0.39, 0.29) is 24.4 Å². The summed E-state index contributed by atoms with van der Waals surface area (Å²) in [6.07, 6.45) is -2.10. The first kappa shape index (κ1) is 15.6. The van der Waals surface area contributed by atoms with Gasteiger partial charge in [0.15, 0.2) is 0 Å². The number of carbonyl (C=O) groups excluding carboxylic acids is 1. The number of hydrogen-bond donors (Lipinski definition) is 4. The maximum atomic E-state index is 13.9. The summed E-state index contributed by atoms with van der Waals surface area (Å²) < 4.78 is 29.0. The van der Waals surface area contributed by atoms with Gasteiger partial charge >= 0.3 is 7.82 Å². The summed E-state index contributed by atoms with van der Waals surface area (Å²) in [5.41, 5.74) is 4.90. The number of phosphoric acid groups is 1. The van der Waals surface area contributed by atoms with Gasteiger partial charge in [0.1, 0.15) is 5.75 Å². The molecule has 0 aromatic heterocycles. The predicted octanol–water partition coefficient (Wildman–Crippen LogP) is 0.244. The molecule has 1 amide bonds. The number of rotatable bonds is 6. The van der Waals surface area contributed by atoms with Crippen molar-refractivity contribution < 1.29 is 28.1 Å². The summed E-state index contributed by atoms with van der Waals surface area (Å²) in [5.74, 6) is -1.33. The van der Waals surface area contributed by atoms with Gasteiger partial charge in [0, 0.05) is 18.7 Å². The van der Waals surface area contributed by atoms with Crippen molar-refractivity contribution in [1.82, 2.24) is 5.32 Å². The molecule has 5 N–H and O–H groups in total. The van der Waals surface area contributed by atoms with Crippen LogP contribution >= 0.6 is 7.82 Å². The lowest BCUT2D eigenvalue weighted by Crippen LogP contribution is -2.32. The summed E-state index contributed by atoms with van der Waals surface area (Å²) in [7, 11) is -4.82. The Hall–Kier alpha value is -1.47. The van der Waals surface area contributed by atoms with Crippen LogP contribution in [-0.4, -0.2) is 28.8 Å². The second-order valence-corrected chi connectivity index (χ2v) is 4.73. The molecule has 1 aromatic rings. The molecule has 1 unspecified atom stereocenters. The molecule has 0 spiro atoms. The van der Waals surface area contributed by atoms with Crippen LogP contribution in [0, 0.1) is 0 Å². The van der Waals surface area contributed by atoms with Gasteiger partial charge < -0.3 is 15.6 Å². The van der Waals surface area contributed by atoms with E-state index in [0.717, 1.165) is 6.07 Å². The molecule has 0 heterocycles. The number of halogens is 1. The van der Waals surface area contributed by atoms with Gasteiger partial charge in [-0.2, -0.15) is 0 Å². The number of nitrogens with two attached hydrogens (primary N) is 1. The van der Waals surface area contributed by atoms with Gasteiger partial charge in [-0.15, -0.1) is 0 Å². The average molecular weight is 292 g/mol. The van der Waals surface area contributed by atoms with Crippen LogP contribution in [-0.2, 0) is 9.36 Å². The highest BCUT2D eigenvalue weighted by molar-refractivity contribution is 7.46. The van der Waals surface area contributed by atoms with E-state index >= 15 is 0 Å². The molecule has 0 aliphatic rings. The number of alkyl halides is 1. The maximum absolute atomic E-state index is 13.9. The number of benzene rings is 1. The molecule has 9 heteroatoms. The highest BCUT2D eigenvalue weighted by atomic mass is 31.2. The quantitative estimate of drug-likeness (QED) is 0.557. The second-order valence-electron chi connectivity index (χ2n) is 3.56. The third-order valence-corrected chi connectivity index (χ3v) is 2.52. The Labute approximate surface area is 108 Å². The normalized spacial score (nSPS) is 12.8. The SMILES string of the molecule is NCCNC(=O)C(F)c1ccccc1OP(=O)(O)O. The number of amides is 1. The standard InChI is InChI=1S/C10H14FN2O5P/c11-9(10(14)13-6-5-12)7-3-1-2-4-8(7)18-19(15,16)17/h1-4,9H,5-6,12H2,(H,13,14)(H2,15,16,17). The fraction of sp³-hybridized carbons (Fsp3) is 0.300. The summed E-state index contributed by atoms with van der Waals surface area (Å²) >= 11 is 0. The van der Waals surface area contributed by atoms with Crippen molar-refractivity contribution in [3.63, 3.8) is 0 Å². The Morgan fingerprint density at radius 3 is 2.68 bits per heavy atom. The molecule has 0 saturated carbocycles. The number of phosphoric ester groups is 1. The molecule has 0 bridgehead atoms. The van der Waals surface area contributed by atoms with Crippen LogP contribution in [0.4, 0.5) is 4.39 Å². The monoisotopic (exact) mass is 292 g/mol. The Bertz CT molecular complexity index is 493. The Balaban J connectivity index is 2.93. The van der Waals surface area contributed by atoms with Gasteiger partial charge in [0.25, 0.3) is 5.91 Å². The lowest BCUT2D eigenvalue weighted by atomic mass is 10.1. The molecule has 19 heavy (non-hydrogen) atoms. The number of carbonyl (C=O) groups is 1. The number of hydrogen-bond acceptors (Lipinski definition) is 4. The average Bonchev–Trinajstić information content (AvgIpc) is 2.34. The molecule has 1 atom stereocenters. The molecule has 0 aliphatic heterocycles. The zero-order valence-corrected chi connectivity index (χ0v) is 10.7. The highest BCUT2D eigenvalue weighted by Gasteiger charge is 2.26. The highest BCUT2D eigenvalue weighted by Crippen LogP contribution is 2.41. The zero-order valence-electron chi connectivity index (χ0n) is 9.82. The summed E-state index contributed by atoms with van der Waals surface area (Å²) in [5, 5.41) is 2.23. The molecule has 106 valence electrons. The van der Waals surface area contributed by atoms with Gasteiger partial charge in [0.2, 0.25) is 6.17 Å². The van der Waals surface area contributed by atoms with Crippen LogP contribution in [0.2, 0.25) is 0 Å². The summed E-state index contributed by atoms with van der Waals surface area (Å²) in [4.78, 5) is 28.8. The van der Waals surface area contributed by atoms with E-state index in [9.17, 15) is 13.8 Å². The summed E-state index contributed by atoms with van der Waals surface area (Å²) in [6.45, 7) is 0.250. The molecule has 0 fully saturated rings. The molecular formula is C10H14FN2O5P. The van der Waals surface area contributed by atoms with E-state index in [1.165, 1.54) is 18.2 Å². The van der Waals surface area contributed by atoms with Gasteiger partial charge in [-0.25, -0.2) is 8.96 Å². The van der Waals surface area contributed by atoms with Crippen LogP contribution in [0.1, 0.15) is 11.7 Å². The largest absolute Gasteiger partial charge is 0.524 e. The van der Waals surface area contributed by atoms with E-state index in [1.807, 2.05) is 0 Å². The van der Waals surface area contributed by atoms with E-state index in [4.69, 9.17) is 15.5 Å². The first-order valence-corrected chi connectivity index (χ1v) is 6.84. The van der Waals surface area contributed by atoms with Crippen LogP contribution in [0.3, 0.4) is 0 Å². The van der Waals surface area contributed by atoms with E-state index in [2.05, 4.69) is 9.84 Å². The van der Waals surface area contributed by atoms with Gasteiger partial charge in [0.05, 0.1) is 0 Å². The van der Waals surface area contributed by atoms with Crippen molar-refractivity contribution >= 4 is 13.7 Å². The minimum Gasteiger partial charge on any atom is -0.404 e. The third-order valence-electron chi connectivity index (χ3n) is 2.08. The van der Waals surface area contributed by atoms with E-state index in [1.54, 1.807) is 0 Å². The minimum absolute atomic E-state index is 0.0980. The molecule has 0 saturated heterocycles. The first-order valence-electron chi connectivity index (χ1n) is 5.31. The second kappa shape index (κ2) is 6.63. The predicted molar refractivity (Wildman–Crippen MR) is 65.0 cm³/mol. The van der Waals surface area contributed by atoms with Crippen LogP contribution in [0.5, 0.6) is 5.75 Å². The molecular weight excluding hydrogens is 278 g/mol. The van der Waals surface area contributed by atoms with Crippen molar-refractivity contribution in [2.24, 2.45) is 5.73 Å². The molecule has 7 nitrogen and oxygen atoms in total. The van der Waals surface area contributed by atoms with Crippen molar-refractivity contribution in [2.45, 2.75) is 6.17 Å². The van der Waals surface area contributed by atoms with Gasteiger partial charge in [-0.3, -0.25) is 14.6 Å². The van der Waals surface area contributed by atoms with Crippen LogP contribution in [0.25, 0.3) is 0 Å². The van der Waals surface area contributed by atoms with Crippen molar-refractivity contribution in [2.75, 3.05) is 13.1 Å². The maximum Gasteiger partial charge on any atom is 0.524 e. The molecule has 1 rings (SSSR count). The minimum atomic E-state index is -4.82. The van der Waals surface area contributed by atoms with Crippen molar-refractivity contribution in [3.8, 4) is 5.75 Å². The molecule has 0 aliphatic carbocycles. The third kappa shape index (κ3) is 4.96. The fourth-order valence-electron chi connectivity index (χ4n) is 1.33. The fourth-order valence-corrected chi connectivity index (χ4v) is 1.75. The Morgan fingerprint density at radius 2 is 2.11 bits per heavy atom. The van der Waals surface area contributed by atoms with Crippen molar-refractivity contribution in [3.05, 3.63) is 29.8 Å². The Morgan fingerprint density at radius 1 is 1.47 bits per heavy atom. The zero-order chi connectivity index (χ0) is 14.5. The van der Waals surface area contributed by atoms with Crippen molar-refractivity contribution in [1.29, 1.82) is 0 Å². The van der Waals surface area contributed by atoms with Crippen LogP contribution < -0.4 is 15.6 Å². The van der Waals surface area contributed by atoms with E-state index < -0.39 is 19.9 Å². The smallest absolute Gasteiger partial charge is 0.404 e. The summed E-state index contributed by atoms with van der Waals surface area (Å²) in [6, 6.07) is 5.19. The molecule has 0 radical (unpaired) electrons. The van der Waals surface area contributed by atoms with Crippen LogP contribution in [0.15, 0.2) is 24.3 Å². The topological polar surface area (TPSA) is 122 Å².